The van der Waals surface area contributed by atoms with Crippen LogP contribution in [-0.4, -0.2) is 42.6 Å². The van der Waals surface area contributed by atoms with Crippen LogP contribution in [0.15, 0.2) is 29.6 Å². The Morgan fingerprint density at radius 2 is 2.00 bits per heavy atom. The normalized spacial score (nSPS) is 11.6. The van der Waals surface area contributed by atoms with E-state index < -0.39 is 30.5 Å². The highest BCUT2D eigenvalue weighted by atomic mass is 32.1. The zero-order valence-corrected chi connectivity index (χ0v) is 18.3. The van der Waals surface area contributed by atoms with Crippen molar-refractivity contribution in [3.8, 4) is 5.75 Å². The minimum atomic E-state index is -0.785. The van der Waals surface area contributed by atoms with Crippen molar-refractivity contribution in [1.82, 2.24) is 10.3 Å². The maximum Gasteiger partial charge on any atom is 0.338 e. The van der Waals surface area contributed by atoms with Crippen molar-refractivity contribution in [3.05, 3.63) is 45.9 Å². The van der Waals surface area contributed by atoms with Gasteiger partial charge in [-0.3, -0.25) is 4.79 Å². The summed E-state index contributed by atoms with van der Waals surface area (Å²) in [5.41, 5.74) is 1.06. The van der Waals surface area contributed by atoms with Crippen molar-refractivity contribution < 1.29 is 28.6 Å². The van der Waals surface area contributed by atoms with Crippen molar-refractivity contribution >= 4 is 29.2 Å². The second-order valence-corrected chi connectivity index (χ2v) is 8.09. The fourth-order valence-electron chi connectivity index (χ4n) is 2.62. The van der Waals surface area contributed by atoms with E-state index in [4.69, 9.17) is 14.2 Å². The topological polar surface area (TPSA) is 104 Å². The van der Waals surface area contributed by atoms with Crippen LogP contribution in [0.5, 0.6) is 5.75 Å². The molecule has 1 N–H and O–H groups in total. The summed E-state index contributed by atoms with van der Waals surface area (Å²) in [6.07, 6.45) is 0.421. The average Bonchev–Trinajstić information content (AvgIpc) is 3.14. The molecule has 0 bridgehead atoms. The molecule has 0 saturated carbocycles. The van der Waals surface area contributed by atoms with Crippen molar-refractivity contribution in [2.45, 2.75) is 39.8 Å². The van der Waals surface area contributed by atoms with Gasteiger partial charge in [0.2, 0.25) is 0 Å². The van der Waals surface area contributed by atoms with Crippen LogP contribution >= 0.6 is 11.3 Å². The highest BCUT2D eigenvalue weighted by molar-refractivity contribution is 7.09. The second kappa shape index (κ2) is 11.3. The number of amides is 1. The largest absolute Gasteiger partial charge is 0.487 e. The van der Waals surface area contributed by atoms with Crippen LogP contribution in [0.1, 0.15) is 41.3 Å². The Labute approximate surface area is 179 Å². The first-order valence-corrected chi connectivity index (χ1v) is 10.3. The first-order valence-electron chi connectivity index (χ1n) is 9.46. The van der Waals surface area contributed by atoms with Gasteiger partial charge < -0.3 is 19.5 Å². The second-order valence-electron chi connectivity index (χ2n) is 7.02. The van der Waals surface area contributed by atoms with E-state index in [9.17, 15) is 14.4 Å². The maximum atomic E-state index is 12.3. The number of nitrogens with one attached hydrogen (secondary N) is 1. The van der Waals surface area contributed by atoms with E-state index >= 15 is 0 Å². The Balaban J connectivity index is 1.87. The minimum Gasteiger partial charge on any atom is -0.487 e. The third-order valence-corrected chi connectivity index (χ3v) is 4.81. The lowest BCUT2D eigenvalue weighted by Crippen LogP contribution is -2.44. The maximum absolute atomic E-state index is 12.3. The van der Waals surface area contributed by atoms with Gasteiger partial charge in [0.1, 0.15) is 18.4 Å². The summed E-state index contributed by atoms with van der Waals surface area (Å²) in [5.74, 6) is -1.12. The van der Waals surface area contributed by atoms with Crippen molar-refractivity contribution in [1.29, 1.82) is 0 Å². The number of nitrogens with zero attached hydrogens (tertiary/aromatic N) is 1. The molecule has 1 heterocycles. The first-order chi connectivity index (χ1) is 14.3. The molecule has 8 nitrogen and oxygen atoms in total. The highest BCUT2D eigenvalue weighted by Gasteiger charge is 2.23. The fraction of sp³-hybridized carbons (Fsp3) is 0.429. The van der Waals surface area contributed by atoms with Gasteiger partial charge in [0.15, 0.2) is 6.61 Å². The third-order valence-electron chi connectivity index (χ3n) is 3.99. The lowest BCUT2D eigenvalue weighted by Gasteiger charge is -2.18. The molecule has 0 aliphatic rings. The van der Waals surface area contributed by atoms with E-state index in [-0.39, 0.29) is 18.1 Å². The Bertz CT molecular complexity index is 880. The number of carbonyl (C=O) groups excluding carboxylic acids is 3. The molecule has 1 amide bonds. The number of aryl methyl sites for hydroxylation is 1. The molecule has 9 heteroatoms. The number of benzene rings is 1. The van der Waals surface area contributed by atoms with Gasteiger partial charge in [-0.2, -0.15) is 0 Å². The number of aromatic nitrogens is 1. The van der Waals surface area contributed by atoms with Gasteiger partial charge in [-0.05, 0) is 37.5 Å². The molecule has 1 aromatic heterocycles. The van der Waals surface area contributed by atoms with Crippen molar-refractivity contribution in [2.24, 2.45) is 5.92 Å². The zero-order chi connectivity index (χ0) is 22.1. The summed E-state index contributed by atoms with van der Waals surface area (Å²) in [5, 5.41) is 5.40. The molecule has 30 heavy (non-hydrogen) atoms. The summed E-state index contributed by atoms with van der Waals surface area (Å²) in [6, 6.07) is 5.70. The third kappa shape index (κ3) is 7.47. The molecule has 1 aromatic carbocycles. The predicted octanol–water partition coefficient (Wildman–Crippen LogP) is 2.89. The van der Waals surface area contributed by atoms with E-state index in [0.29, 0.717) is 12.2 Å². The Morgan fingerprint density at radius 3 is 2.63 bits per heavy atom. The van der Waals surface area contributed by atoms with Gasteiger partial charge >= 0.3 is 11.9 Å². The van der Waals surface area contributed by atoms with Crippen molar-refractivity contribution in [3.63, 3.8) is 0 Å². The molecule has 0 spiro atoms. The van der Waals surface area contributed by atoms with E-state index in [1.165, 1.54) is 24.5 Å². The van der Waals surface area contributed by atoms with Crippen molar-refractivity contribution in [2.75, 3.05) is 13.7 Å². The zero-order valence-electron chi connectivity index (χ0n) is 17.5. The quantitative estimate of drug-likeness (QED) is 0.574. The van der Waals surface area contributed by atoms with Crippen LogP contribution in [0.3, 0.4) is 0 Å². The number of thiazole rings is 1. The fourth-order valence-corrected chi connectivity index (χ4v) is 3.22. The number of methoxy groups -OCH3 is 1. The summed E-state index contributed by atoms with van der Waals surface area (Å²) in [4.78, 5) is 40.5. The average molecular weight is 435 g/mol. The minimum absolute atomic E-state index is 0.174. The van der Waals surface area contributed by atoms with Gasteiger partial charge in [-0.1, -0.05) is 19.9 Å². The number of hydrogen-bond donors (Lipinski definition) is 1. The van der Waals surface area contributed by atoms with Gasteiger partial charge in [0.25, 0.3) is 5.91 Å². The number of esters is 2. The SMILES string of the molecule is COC(=O)C(CC(C)C)NC(=O)COC(=O)c1cccc(OCc2csc(C)n2)c1. The number of hydrogen-bond acceptors (Lipinski definition) is 8. The van der Waals surface area contributed by atoms with Gasteiger partial charge in [-0.15, -0.1) is 11.3 Å². The number of ether oxygens (including phenoxy) is 3. The van der Waals surface area contributed by atoms with Crippen LogP contribution in [0.2, 0.25) is 0 Å². The van der Waals surface area contributed by atoms with E-state index in [1.54, 1.807) is 18.2 Å². The number of rotatable bonds is 10. The molecule has 0 fully saturated rings. The molecule has 2 aromatic rings. The molecular weight excluding hydrogens is 408 g/mol. The van der Waals surface area contributed by atoms with Crippen LogP contribution in [-0.2, 0) is 25.7 Å². The summed E-state index contributed by atoms with van der Waals surface area (Å²) in [7, 11) is 1.26. The molecule has 0 saturated heterocycles. The van der Waals surface area contributed by atoms with E-state index in [1.807, 2.05) is 26.2 Å². The Morgan fingerprint density at radius 1 is 1.23 bits per heavy atom. The van der Waals surface area contributed by atoms with E-state index in [0.717, 1.165) is 10.7 Å². The summed E-state index contributed by atoms with van der Waals surface area (Å²) < 4.78 is 15.4. The van der Waals surface area contributed by atoms with Crippen LogP contribution in [0, 0.1) is 12.8 Å². The summed E-state index contributed by atoms with van der Waals surface area (Å²) >= 11 is 1.54. The molecule has 2 rings (SSSR count). The molecular formula is C21H26N2O6S. The van der Waals surface area contributed by atoms with Gasteiger partial charge in [0.05, 0.1) is 23.4 Å². The smallest absolute Gasteiger partial charge is 0.338 e. The standard InChI is InChI=1S/C21H26N2O6S/c1-13(2)8-18(21(26)27-4)23-19(24)11-29-20(25)15-6-5-7-17(9-15)28-10-16-12-30-14(3)22-16/h5-7,9,12-13,18H,8,10-11H2,1-4H3,(H,23,24). The van der Waals surface area contributed by atoms with Crippen LogP contribution in [0.4, 0.5) is 0 Å². The Kier molecular flexibility index (Phi) is 8.79. The lowest BCUT2D eigenvalue weighted by molar-refractivity contribution is -0.145. The molecule has 162 valence electrons. The molecule has 0 radical (unpaired) electrons. The van der Waals surface area contributed by atoms with E-state index in [2.05, 4.69) is 10.3 Å². The number of carbonyl (C=O) groups is 3. The lowest BCUT2D eigenvalue weighted by atomic mass is 10.0. The van der Waals surface area contributed by atoms with Crippen LogP contribution in [0.25, 0.3) is 0 Å². The van der Waals surface area contributed by atoms with Crippen LogP contribution < -0.4 is 10.1 Å². The van der Waals surface area contributed by atoms with Gasteiger partial charge in [-0.25, -0.2) is 14.6 Å². The highest BCUT2D eigenvalue weighted by Crippen LogP contribution is 2.17. The monoisotopic (exact) mass is 434 g/mol. The molecule has 1 unspecified atom stereocenters. The molecule has 0 aliphatic heterocycles. The predicted molar refractivity (Wildman–Crippen MR) is 111 cm³/mol. The Hall–Kier alpha value is -2.94. The summed E-state index contributed by atoms with van der Waals surface area (Å²) in [6.45, 7) is 5.54. The molecule has 1 atom stereocenters. The first kappa shape index (κ1) is 23.3. The van der Waals surface area contributed by atoms with Gasteiger partial charge in [0, 0.05) is 5.38 Å². The molecule has 0 aliphatic carbocycles.